The minimum atomic E-state index is -4.41. The van der Waals surface area contributed by atoms with Gasteiger partial charge in [-0.1, -0.05) is 17.7 Å². The molecule has 33 heavy (non-hydrogen) atoms. The summed E-state index contributed by atoms with van der Waals surface area (Å²) in [7, 11) is -4.41. The van der Waals surface area contributed by atoms with E-state index in [1.54, 1.807) is 0 Å². The number of aromatic hydroxyl groups is 1. The first-order chi connectivity index (χ1) is 15.6. The predicted molar refractivity (Wildman–Crippen MR) is 123 cm³/mol. The number of guanidine groups is 1. The van der Waals surface area contributed by atoms with Crippen molar-refractivity contribution in [3.05, 3.63) is 45.6 Å². The van der Waals surface area contributed by atoms with Gasteiger partial charge >= 0.3 is 0 Å². The van der Waals surface area contributed by atoms with Gasteiger partial charge in [0.05, 0.1) is 20.9 Å². The minimum absolute atomic E-state index is 0.0110. The molecule has 0 aromatic heterocycles. The van der Waals surface area contributed by atoms with Crippen molar-refractivity contribution in [3.63, 3.8) is 0 Å². The summed E-state index contributed by atoms with van der Waals surface area (Å²) in [6.45, 7) is 0.306. The topological polar surface area (TPSA) is 152 Å². The minimum Gasteiger partial charge on any atom is -0.504 e. The third-order valence-corrected chi connectivity index (χ3v) is 7.37. The molecule has 174 valence electrons. The van der Waals surface area contributed by atoms with E-state index in [0.717, 1.165) is 11.0 Å². The number of phenols is 1. The fraction of sp³-hybridized carbons (Fsp3) is 0.211. The molecule has 0 saturated carbocycles. The van der Waals surface area contributed by atoms with Gasteiger partial charge in [-0.3, -0.25) is 9.69 Å². The van der Waals surface area contributed by atoms with Crippen LogP contribution in [0.4, 0.5) is 15.8 Å². The molecule has 1 aliphatic heterocycles. The van der Waals surface area contributed by atoms with Crippen molar-refractivity contribution >= 4 is 60.7 Å². The second kappa shape index (κ2) is 10.0. The van der Waals surface area contributed by atoms with Crippen molar-refractivity contribution in [2.24, 2.45) is 10.7 Å². The van der Waals surface area contributed by atoms with Crippen LogP contribution in [0.1, 0.15) is 12.8 Å². The van der Waals surface area contributed by atoms with E-state index in [1.165, 1.54) is 35.5 Å². The van der Waals surface area contributed by atoms with Crippen LogP contribution >= 0.6 is 27.5 Å². The van der Waals surface area contributed by atoms with E-state index in [4.69, 9.17) is 22.6 Å². The van der Waals surface area contributed by atoms with E-state index in [2.05, 4.69) is 25.8 Å². The van der Waals surface area contributed by atoms with Crippen LogP contribution in [0.15, 0.2) is 44.7 Å². The maximum Gasteiger partial charge on any atom is 0.258 e. The number of phenolic OH excluding ortho intramolecular Hbond substituents is 1. The molecule has 0 atom stereocenters. The summed E-state index contributed by atoms with van der Waals surface area (Å²) in [5.74, 6) is -1.94. The lowest BCUT2D eigenvalue weighted by Crippen LogP contribution is -2.46. The fourth-order valence-corrected chi connectivity index (χ4v) is 5.37. The number of halogens is 3. The molecule has 10 nitrogen and oxygen atoms in total. The maximum atomic E-state index is 14.2. The third-order valence-electron chi connectivity index (χ3n) is 4.71. The molecule has 14 heteroatoms. The van der Waals surface area contributed by atoms with Crippen molar-refractivity contribution in [1.82, 2.24) is 9.84 Å². The molecular formula is C19H17BrClFN6O4S. The van der Waals surface area contributed by atoms with Gasteiger partial charge in [0.15, 0.2) is 5.75 Å². The number of rotatable bonds is 5. The third kappa shape index (κ3) is 5.26. The Morgan fingerprint density at radius 2 is 1.97 bits per heavy atom. The first-order valence-corrected chi connectivity index (χ1v) is 12.0. The Morgan fingerprint density at radius 1 is 1.30 bits per heavy atom. The van der Waals surface area contributed by atoms with E-state index in [9.17, 15) is 22.7 Å². The Kier molecular flexibility index (Phi) is 7.55. The number of carbonyl (C=O) groups excluding carboxylic acids is 1. The predicted octanol–water partition coefficient (Wildman–Crippen LogP) is 2.74. The van der Waals surface area contributed by atoms with Crippen LogP contribution in [0, 0.1) is 17.3 Å². The summed E-state index contributed by atoms with van der Waals surface area (Å²) in [6, 6.07) is 6.37. The van der Waals surface area contributed by atoms with E-state index < -0.39 is 32.4 Å². The number of ketones is 1. The summed E-state index contributed by atoms with van der Waals surface area (Å²) in [5, 5.41) is 20.9. The number of hydrogen-bond donors (Lipinski definition) is 3. The first-order valence-electron chi connectivity index (χ1n) is 9.33. The highest BCUT2D eigenvalue weighted by Gasteiger charge is 2.31. The number of Topliss-reactive ketones (excluding diaryl/α,β-unsaturated/α-hetero) is 1. The van der Waals surface area contributed by atoms with E-state index >= 15 is 0 Å². The van der Waals surface area contributed by atoms with Gasteiger partial charge in [0.25, 0.3) is 10.0 Å². The van der Waals surface area contributed by atoms with Gasteiger partial charge in [-0.2, -0.15) is 5.26 Å². The molecule has 1 saturated heterocycles. The number of nitrogens with one attached hydrogen (secondary N) is 1. The van der Waals surface area contributed by atoms with Crippen molar-refractivity contribution in [1.29, 1.82) is 5.26 Å². The SMILES string of the molecule is N#CN=C(N)N(c1ccc(Cl)c(S(=O)(=O)NN2CCC(=O)CC2)c1O)c1cccc(F)c1Br. The monoisotopic (exact) mass is 558 g/mol. The number of hydrogen-bond acceptors (Lipinski definition) is 7. The molecule has 2 aromatic carbocycles. The van der Waals surface area contributed by atoms with Gasteiger partial charge in [-0.05, 0) is 40.2 Å². The first kappa shape index (κ1) is 24.9. The van der Waals surface area contributed by atoms with Crippen LogP contribution in [-0.4, -0.2) is 43.4 Å². The number of sulfonamides is 1. The molecule has 0 radical (unpaired) electrons. The quantitative estimate of drug-likeness (QED) is 0.287. The Hall–Kier alpha value is -2.76. The summed E-state index contributed by atoms with van der Waals surface area (Å²) in [5.41, 5.74) is 5.71. The fourth-order valence-electron chi connectivity index (χ4n) is 3.18. The Bertz CT molecular complexity index is 1270. The van der Waals surface area contributed by atoms with E-state index in [0.29, 0.717) is 0 Å². The maximum absolute atomic E-state index is 14.2. The lowest BCUT2D eigenvalue weighted by molar-refractivity contribution is -0.121. The number of nitrogens with two attached hydrogens (primary N) is 1. The number of anilines is 2. The van der Waals surface area contributed by atoms with Crippen LogP contribution < -0.4 is 15.5 Å². The lowest BCUT2D eigenvalue weighted by atomic mass is 10.1. The molecule has 2 aromatic rings. The van der Waals surface area contributed by atoms with Gasteiger partial charge < -0.3 is 10.8 Å². The zero-order valence-electron chi connectivity index (χ0n) is 16.8. The largest absolute Gasteiger partial charge is 0.504 e. The van der Waals surface area contributed by atoms with Gasteiger partial charge in [0.2, 0.25) is 12.2 Å². The number of aliphatic imine (C=N–C) groups is 1. The molecule has 1 fully saturated rings. The molecule has 4 N–H and O–H groups in total. The van der Waals surface area contributed by atoms with E-state index in [-0.39, 0.29) is 52.6 Å². The number of benzene rings is 2. The van der Waals surface area contributed by atoms with Crippen LogP contribution in [0.2, 0.25) is 5.02 Å². The average Bonchev–Trinajstić information content (AvgIpc) is 2.74. The van der Waals surface area contributed by atoms with Crippen LogP contribution in [0.3, 0.4) is 0 Å². The van der Waals surface area contributed by atoms with Crippen LogP contribution in [0.25, 0.3) is 0 Å². The van der Waals surface area contributed by atoms with Crippen molar-refractivity contribution in [2.45, 2.75) is 17.7 Å². The van der Waals surface area contributed by atoms with Crippen LogP contribution in [0.5, 0.6) is 5.75 Å². The summed E-state index contributed by atoms with van der Waals surface area (Å²) in [6.07, 6.45) is 1.84. The zero-order chi connectivity index (χ0) is 24.3. The smallest absolute Gasteiger partial charge is 0.258 e. The summed E-state index contributed by atoms with van der Waals surface area (Å²) < 4.78 is 40.2. The summed E-state index contributed by atoms with van der Waals surface area (Å²) in [4.78, 5) is 17.5. The Balaban J connectivity index is 2.14. The van der Waals surface area contributed by atoms with Crippen LogP contribution in [-0.2, 0) is 14.8 Å². The molecule has 0 unspecified atom stereocenters. The van der Waals surface area contributed by atoms with Crippen molar-refractivity contribution in [2.75, 3.05) is 18.0 Å². The lowest BCUT2D eigenvalue weighted by Gasteiger charge is -2.28. The number of carbonyl (C=O) groups is 1. The van der Waals surface area contributed by atoms with Gasteiger partial charge in [-0.15, -0.1) is 9.82 Å². The molecule has 0 amide bonds. The molecule has 0 aliphatic carbocycles. The zero-order valence-corrected chi connectivity index (χ0v) is 20.0. The highest BCUT2D eigenvalue weighted by molar-refractivity contribution is 9.10. The van der Waals surface area contributed by atoms with Gasteiger partial charge in [0, 0.05) is 25.9 Å². The Morgan fingerprint density at radius 3 is 2.61 bits per heavy atom. The van der Waals surface area contributed by atoms with Crippen molar-refractivity contribution in [3.8, 4) is 11.9 Å². The highest BCUT2D eigenvalue weighted by Crippen LogP contribution is 2.43. The number of nitriles is 1. The standard InChI is InChI=1S/C19H17BrClFN6O4S/c20-16-13(22)2-1-3-14(16)28(19(24)25-10-23)15-5-4-12(21)18(17(15)30)33(31,32)26-27-8-6-11(29)7-9-27/h1-5,26,30H,6-9H2,(H2,24,25). The molecule has 1 heterocycles. The van der Waals surface area contributed by atoms with E-state index in [1.807, 2.05) is 0 Å². The molecular weight excluding hydrogens is 543 g/mol. The molecule has 1 aliphatic rings. The van der Waals surface area contributed by atoms with Crippen molar-refractivity contribution < 1.29 is 22.7 Å². The van der Waals surface area contributed by atoms with Gasteiger partial charge in [-0.25, -0.2) is 17.8 Å². The Labute approximate surface area is 202 Å². The summed E-state index contributed by atoms with van der Waals surface area (Å²) >= 11 is 9.20. The van der Waals surface area contributed by atoms with Gasteiger partial charge in [0.1, 0.15) is 16.5 Å². The molecule has 0 bridgehead atoms. The second-order valence-corrected chi connectivity index (χ2v) is 9.64. The number of nitrogens with zero attached hydrogens (tertiary/aromatic N) is 4. The molecule has 3 rings (SSSR count). The average molecular weight is 560 g/mol. The molecule has 0 spiro atoms. The second-order valence-electron chi connectivity index (χ2n) is 6.84. The normalized spacial score (nSPS) is 15.3. The highest BCUT2D eigenvalue weighted by atomic mass is 79.9. The number of piperidine rings is 1. The number of hydrazine groups is 1.